The van der Waals surface area contributed by atoms with E-state index in [-0.39, 0.29) is 18.0 Å². The molecule has 2 rings (SSSR count). The standard InChI is InChI=1S/C14H19FO2/c1-16-13-8-4-5-9-14(13)17-10-11-6-2-3-7-12(11)15/h2-3,6-7,13-14H,4-5,8-10H2,1H3/t13-,14-/m1/s1. The van der Waals surface area contributed by atoms with Gasteiger partial charge in [-0.2, -0.15) is 0 Å². The lowest BCUT2D eigenvalue weighted by Crippen LogP contribution is -2.33. The molecule has 0 N–H and O–H groups in total. The zero-order valence-corrected chi connectivity index (χ0v) is 10.2. The fourth-order valence-electron chi connectivity index (χ4n) is 2.34. The quantitative estimate of drug-likeness (QED) is 0.801. The Hall–Kier alpha value is -0.930. The van der Waals surface area contributed by atoms with Crippen molar-refractivity contribution in [1.82, 2.24) is 0 Å². The van der Waals surface area contributed by atoms with E-state index >= 15 is 0 Å². The van der Waals surface area contributed by atoms with E-state index in [0.29, 0.717) is 12.2 Å². The van der Waals surface area contributed by atoms with Crippen LogP contribution in [0.3, 0.4) is 0 Å². The fraction of sp³-hybridized carbons (Fsp3) is 0.571. The second-order valence-electron chi connectivity index (χ2n) is 4.50. The zero-order valence-electron chi connectivity index (χ0n) is 10.2. The van der Waals surface area contributed by atoms with Gasteiger partial charge in [-0.15, -0.1) is 0 Å². The summed E-state index contributed by atoms with van der Waals surface area (Å²) >= 11 is 0. The Morgan fingerprint density at radius 2 is 1.88 bits per heavy atom. The summed E-state index contributed by atoms with van der Waals surface area (Å²) in [5, 5.41) is 0. The molecule has 0 saturated heterocycles. The number of hydrogen-bond donors (Lipinski definition) is 0. The van der Waals surface area contributed by atoms with E-state index in [1.54, 1.807) is 19.2 Å². The van der Waals surface area contributed by atoms with E-state index in [4.69, 9.17) is 9.47 Å². The second kappa shape index (κ2) is 6.12. The number of halogens is 1. The maximum absolute atomic E-state index is 13.4. The summed E-state index contributed by atoms with van der Waals surface area (Å²) in [5.74, 6) is -0.197. The van der Waals surface area contributed by atoms with Crippen LogP contribution in [-0.2, 0) is 16.1 Å². The summed E-state index contributed by atoms with van der Waals surface area (Å²) in [5.41, 5.74) is 0.618. The van der Waals surface area contributed by atoms with Crippen LogP contribution in [-0.4, -0.2) is 19.3 Å². The highest BCUT2D eigenvalue weighted by Crippen LogP contribution is 2.24. The lowest BCUT2D eigenvalue weighted by atomic mass is 9.94. The van der Waals surface area contributed by atoms with Crippen molar-refractivity contribution in [2.75, 3.05) is 7.11 Å². The summed E-state index contributed by atoms with van der Waals surface area (Å²) in [6, 6.07) is 6.75. The fourth-order valence-corrected chi connectivity index (χ4v) is 2.34. The summed E-state index contributed by atoms with van der Waals surface area (Å²) in [4.78, 5) is 0. The third-order valence-electron chi connectivity index (χ3n) is 3.36. The third-order valence-corrected chi connectivity index (χ3v) is 3.36. The van der Waals surface area contributed by atoms with Crippen LogP contribution >= 0.6 is 0 Å². The first kappa shape index (κ1) is 12.5. The lowest BCUT2D eigenvalue weighted by molar-refractivity contribution is -0.0835. The number of methoxy groups -OCH3 is 1. The van der Waals surface area contributed by atoms with Gasteiger partial charge in [0.25, 0.3) is 0 Å². The lowest BCUT2D eigenvalue weighted by Gasteiger charge is -2.30. The van der Waals surface area contributed by atoms with Crippen molar-refractivity contribution in [2.24, 2.45) is 0 Å². The average Bonchev–Trinajstić information content (AvgIpc) is 2.38. The SMILES string of the molecule is CO[C@@H]1CCCC[C@H]1OCc1ccccc1F. The first-order chi connectivity index (χ1) is 8.31. The molecule has 0 bridgehead atoms. The summed E-state index contributed by atoms with van der Waals surface area (Å²) in [6.07, 6.45) is 4.68. The first-order valence-electron chi connectivity index (χ1n) is 6.19. The van der Waals surface area contributed by atoms with Crippen molar-refractivity contribution in [2.45, 2.75) is 44.5 Å². The maximum Gasteiger partial charge on any atom is 0.128 e. The molecule has 1 aliphatic rings. The van der Waals surface area contributed by atoms with Gasteiger partial charge in [-0.05, 0) is 18.9 Å². The Kier molecular flexibility index (Phi) is 4.51. The Labute approximate surface area is 102 Å². The average molecular weight is 238 g/mol. The molecule has 0 radical (unpaired) electrons. The van der Waals surface area contributed by atoms with Crippen LogP contribution in [0.4, 0.5) is 4.39 Å². The summed E-state index contributed by atoms with van der Waals surface area (Å²) in [7, 11) is 1.72. The van der Waals surface area contributed by atoms with Crippen molar-refractivity contribution in [3.05, 3.63) is 35.6 Å². The van der Waals surface area contributed by atoms with Gasteiger partial charge in [0.2, 0.25) is 0 Å². The molecule has 0 amide bonds. The van der Waals surface area contributed by atoms with Crippen molar-refractivity contribution in [1.29, 1.82) is 0 Å². The monoisotopic (exact) mass is 238 g/mol. The molecule has 1 aromatic rings. The van der Waals surface area contributed by atoms with Crippen molar-refractivity contribution in [3.63, 3.8) is 0 Å². The van der Waals surface area contributed by atoms with Crippen LogP contribution in [0.15, 0.2) is 24.3 Å². The maximum atomic E-state index is 13.4. The molecule has 0 spiro atoms. The molecule has 3 heteroatoms. The van der Waals surface area contributed by atoms with Crippen LogP contribution in [0, 0.1) is 5.82 Å². The van der Waals surface area contributed by atoms with Gasteiger partial charge in [-0.25, -0.2) is 4.39 Å². The van der Waals surface area contributed by atoms with E-state index in [9.17, 15) is 4.39 Å². The Morgan fingerprint density at radius 1 is 1.18 bits per heavy atom. The summed E-state index contributed by atoms with van der Waals surface area (Å²) < 4.78 is 24.6. The molecule has 2 atom stereocenters. The molecule has 1 aromatic carbocycles. The number of benzene rings is 1. The van der Waals surface area contributed by atoms with Crippen molar-refractivity contribution < 1.29 is 13.9 Å². The van der Waals surface area contributed by atoms with E-state index in [1.807, 2.05) is 6.07 Å². The van der Waals surface area contributed by atoms with Gasteiger partial charge in [0.1, 0.15) is 5.82 Å². The zero-order chi connectivity index (χ0) is 12.1. The molecular formula is C14H19FO2. The van der Waals surface area contributed by atoms with Gasteiger partial charge < -0.3 is 9.47 Å². The van der Waals surface area contributed by atoms with Gasteiger partial charge >= 0.3 is 0 Å². The minimum Gasteiger partial charge on any atom is -0.379 e. The highest BCUT2D eigenvalue weighted by molar-refractivity contribution is 5.16. The molecule has 0 unspecified atom stereocenters. The van der Waals surface area contributed by atoms with Crippen molar-refractivity contribution in [3.8, 4) is 0 Å². The van der Waals surface area contributed by atoms with Gasteiger partial charge in [0.05, 0.1) is 18.8 Å². The predicted molar refractivity (Wildman–Crippen MR) is 64.2 cm³/mol. The molecule has 0 aromatic heterocycles. The van der Waals surface area contributed by atoms with E-state index in [1.165, 1.54) is 18.9 Å². The second-order valence-corrected chi connectivity index (χ2v) is 4.50. The Morgan fingerprint density at radius 3 is 2.59 bits per heavy atom. The molecule has 17 heavy (non-hydrogen) atoms. The number of rotatable bonds is 4. The Balaban J connectivity index is 1.90. The van der Waals surface area contributed by atoms with Gasteiger partial charge in [-0.1, -0.05) is 31.0 Å². The van der Waals surface area contributed by atoms with Crippen LogP contribution in [0.1, 0.15) is 31.2 Å². The third kappa shape index (κ3) is 3.27. The Bertz CT molecular complexity index is 354. The molecule has 1 aliphatic carbocycles. The predicted octanol–water partition coefficient (Wildman–Crippen LogP) is 3.30. The normalized spacial score (nSPS) is 24.8. The van der Waals surface area contributed by atoms with Crippen LogP contribution < -0.4 is 0 Å². The largest absolute Gasteiger partial charge is 0.379 e. The molecule has 1 saturated carbocycles. The topological polar surface area (TPSA) is 18.5 Å². The van der Waals surface area contributed by atoms with Gasteiger partial charge in [0, 0.05) is 12.7 Å². The van der Waals surface area contributed by atoms with Crippen LogP contribution in [0.5, 0.6) is 0 Å². The number of hydrogen-bond acceptors (Lipinski definition) is 2. The molecular weight excluding hydrogens is 219 g/mol. The highest BCUT2D eigenvalue weighted by atomic mass is 19.1. The molecule has 1 fully saturated rings. The van der Waals surface area contributed by atoms with E-state index < -0.39 is 0 Å². The molecule has 0 aliphatic heterocycles. The van der Waals surface area contributed by atoms with Gasteiger partial charge in [0.15, 0.2) is 0 Å². The van der Waals surface area contributed by atoms with Gasteiger partial charge in [-0.3, -0.25) is 0 Å². The molecule has 94 valence electrons. The van der Waals surface area contributed by atoms with E-state index in [2.05, 4.69) is 0 Å². The summed E-state index contributed by atoms with van der Waals surface area (Å²) in [6.45, 7) is 0.331. The smallest absolute Gasteiger partial charge is 0.128 e. The molecule has 0 heterocycles. The minimum atomic E-state index is -0.197. The van der Waals surface area contributed by atoms with Crippen molar-refractivity contribution >= 4 is 0 Å². The number of ether oxygens (including phenoxy) is 2. The van der Waals surface area contributed by atoms with Crippen LogP contribution in [0.2, 0.25) is 0 Å². The van der Waals surface area contributed by atoms with Crippen LogP contribution in [0.25, 0.3) is 0 Å². The highest BCUT2D eigenvalue weighted by Gasteiger charge is 2.25. The molecule has 2 nitrogen and oxygen atoms in total. The van der Waals surface area contributed by atoms with E-state index in [0.717, 1.165) is 12.8 Å². The first-order valence-corrected chi connectivity index (χ1v) is 6.19. The minimum absolute atomic E-state index is 0.105.